The highest BCUT2D eigenvalue weighted by molar-refractivity contribution is 5.95. The number of carbonyl (C=O) groups excluding carboxylic acids is 1. The molecule has 2 aromatic carbocycles. The van der Waals surface area contributed by atoms with Crippen molar-refractivity contribution in [3.63, 3.8) is 0 Å². The number of hydrogen-bond acceptors (Lipinski definition) is 3. The Labute approximate surface area is 182 Å². The Morgan fingerprint density at radius 3 is 2.10 bits per heavy atom. The van der Waals surface area contributed by atoms with E-state index in [2.05, 4.69) is 39.6 Å². The van der Waals surface area contributed by atoms with Gasteiger partial charge in [0, 0.05) is 24.9 Å². The molecule has 0 aliphatic carbocycles. The lowest BCUT2D eigenvalue weighted by atomic mass is 10.1. The molecular weight excluding hydrogens is 372 g/mol. The summed E-state index contributed by atoms with van der Waals surface area (Å²) in [4.78, 5) is 19.4. The van der Waals surface area contributed by atoms with Crippen molar-refractivity contribution < 1.29 is 9.53 Å². The van der Waals surface area contributed by atoms with Crippen molar-refractivity contribution in [2.45, 2.75) is 47.5 Å². The highest BCUT2D eigenvalue weighted by Crippen LogP contribution is 2.19. The molecular formula is C26H36N2O2. The number of amides is 1. The second-order valence-corrected chi connectivity index (χ2v) is 8.57. The minimum atomic E-state index is 0.0968. The van der Waals surface area contributed by atoms with E-state index >= 15 is 0 Å². The molecule has 0 saturated carbocycles. The van der Waals surface area contributed by atoms with Gasteiger partial charge >= 0.3 is 0 Å². The number of ether oxygens (including phenoxy) is 1. The zero-order chi connectivity index (χ0) is 21.9. The Bertz CT molecular complexity index is 783. The summed E-state index contributed by atoms with van der Waals surface area (Å²) in [5.74, 6) is 1.86. The van der Waals surface area contributed by atoms with Crippen LogP contribution in [0.15, 0.2) is 53.5 Å². The second kappa shape index (κ2) is 12.2. The fraction of sp³-hybridized carbons (Fsp3) is 0.462. The average Bonchev–Trinajstić information content (AvgIpc) is 2.72. The molecule has 162 valence electrons. The van der Waals surface area contributed by atoms with Gasteiger partial charge in [0.1, 0.15) is 5.75 Å². The van der Waals surface area contributed by atoms with E-state index in [0.717, 1.165) is 55.1 Å². The van der Waals surface area contributed by atoms with Crippen LogP contribution in [0.4, 0.5) is 5.69 Å². The van der Waals surface area contributed by atoms with Crippen LogP contribution in [-0.4, -0.2) is 36.7 Å². The molecule has 0 spiro atoms. The van der Waals surface area contributed by atoms with E-state index in [1.54, 1.807) is 0 Å². The first-order valence-corrected chi connectivity index (χ1v) is 11.0. The van der Waals surface area contributed by atoms with Gasteiger partial charge in [0.2, 0.25) is 0 Å². The zero-order valence-electron chi connectivity index (χ0n) is 19.1. The van der Waals surface area contributed by atoms with Crippen LogP contribution in [0.3, 0.4) is 0 Å². The summed E-state index contributed by atoms with van der Waals surface area (Å²) in [7, 11) is 0. The molecule has 0 aromatic heterocycles. The summed E-state index contributed by atoms with van der Waals surface area (Å²) < 4.78 is 5.68. The standard InChI is InChI=1S/C26H36N2O2/c1-6-7-16-30-25-14-12-24(13-15-25)27-17-22-8-10-23(11-9-22)26(29)28(18-20(2)3)19-21(4)5/h8-15,17,20-21H,6-7,16,18-19H2,1-5H3. The van der Waals surface area contributed by atoms with Crippen molar-refractivity contribution in [2.24, 2.45) is 16.8 Å². The molecule has 0 heterocycles. The summed E-state index contributed by atoms with van der Waals surface area (Å²) >= 11 is 0. The molecule has 2 rings (SSSR count). The number of rotatable bonds is 11. The van der Waals surface area contributed by atoms with E-state index in [9.17, 15) is 4.79 Å². The second-order valence-electron chi connectivity index (χ2n) is 8.57. The van der Waals surface area contributed by atoms with Gasteiger partial charge in [-0.1, -0.05) is 53.2 Å². The van der Waals surface area contributed by atoms with Crippen molar-refractivity contribution in [3.8, 4) is 5.75 Å². The Hall–Kier alpha value is -2.62. The third kappa shape index (κ3) is 8.02. The maximum absolute atomic E-state index is 12.9. The summed E-state index contributed by atoms with van der Waals surface area (Å²) in [5.41, 5.74) is 2.56. The maximum atomic E-state index is 12.9. The summed E-state index contributed by atoms with van der Waals surface area (Å²) in [5, 5.41) is 0. The third-order valence-electron chi connectivity index (χ3n) is 4.58. The maximum Gasteiger partial charge on any atom is 0.253 e. The fourth-order valence-corrected chi connectivity index (χ4v) is 3.13. The molecule has 0 radical (unpaired) electrons. The van der Waals surface area contributed by atoms with Crippen molar-refractivity contribution >= 4 is 17.8 Å². The first-order chi connectivity index (χ1) is 14.4. The minimum Gasteiger partial charge on any atom is -0.494 e. The third-order valence-corrected chi connectivity index (χ3v) is 4.58. The van der Waals surface area contributed by atoms with E-state index in [1.807, 2.05) is 59.6 Å². The predicted octanol–water partition coefficient (Wildman–Crippen LogP) is 6.37. The molecule has 0 aliphatic rings. The van der Waals surface area contributed by atoms with Crippen LogP contribution in [0.5, 0.6) is 5.75 Å². The lowest BCUT2D eigenvalue weighted by Gasteiger charge is -2.26. The van der Waals surface area contributed by atoms with Crippen LogP contribution in [0.2, 0.25) is 0 Å². The van der Waals surface area contributed by atoms with Crippen LogP contribution in [0.25, 0.3) is 0 Å². The minimum absolute atomic E-state index is 0.0968. The van der Waals surface area contributed by atoms with Gasteiger partial charge in [-0.3, -0.25) is 9.79 Å². The van der Waals surface area contributed by atoms with Crippen LogP contribution >= 0.6 is 0 Å². The molecule has 0 N–H and O–H groups in total. The van der Waals surface area contributed by atoms with Crippen molar-refractivity contribution in [1.29, 1.82) is 0 Å². The first-order valence-electron chi connectivity index (χ1n) is 11.0. The van der Waals surface area contributed by atoms with Crippen LogP contribution < -0.4 is 4.74 Å². The van der Waals surface area contributed by atoms with Gasteiger partial charge in [-0.15, -0.1) is 0 Å². The van der Waals surface area contributed by atoms with Gasteiger partial charge in [0.05, 0.1) is 12.3 Å². The lowest BCUT2D eigenvalue weighted by molar-refractivity contribution is 0.0715. The van der Waals surface area contributed by atoms with Crippen molar-refractivity contribution in [1.82, 2.24) is 4.90 Å². The Kier molecular flexibility index (Phi) is 9.59. The van der Waals surface area contributed by atoms with Crippen LogP contribution in [-0.2, 0) is 0 Å². The molecule has 30 heavy (non-hydrogen) atoms. The SMILES string of the molecule is CCCCOc1ccc(N=Cc2ccc(C(=O)N(CC(C)C)CC(C)C)cc2)cc1. The van der Waals surface area contributed by atoms with E-state index in [0.29, 0.717) is 11.8 Å². The number of nitrogens with zero attached hydrogens (tertiary/aromatic N) is 2. The molecule has 4 nitrogen and oxygen atoms in total. The van der Waals surface area contributed by atoms with E-state index in [-0.39, 0.29) is 5.91 Å². The molecule has 0 bridgehead atoms. The molecule has 1 amide bonds. The molecule has 2 aromatic rings. The fourth-order valence-electron chi connectivity index (χ4n) is 3.13. The summed E-state index contributed by atoms with van der Waals surface area (Å²) in [6.07, 6.45) is 4.01. The van der Waals surface area contributed by atoms with E-state index in [1.165, 1.54) is 0 Å². The molecule has 0 atom stereocenters. The van der Waals surface area contributed by atoms with Gasteiger partial charge in [-0.2, -0.15) is 0 Å². The Morgan fingerprint density at radius 2 is 1.57 bits per heavy atom. The molecule has 0 fully saturated rings. The monoisotopic (exact) mass is 408 g/mol. The first kappa shape index (κ1) is 23.7. The topological polar surface area (TPSA) is 41.9 Å². The van der Waals surface area contributed by atoms with E-state index < -0.39 is 0 Å². The van der Waals surface area contributed by atoms with Crippen molar-refractivity contribution in [3.05, 3.63) is 59.7 Å². The highest BCUT2D eigenvalue weighted by Gasteiger charge is 2.17. The largest absolute Gasteiger partial charge is 0.494 e. The smallest absolute Gasteiger partial charge is 0.253 e. The van der Waals surface area contributed by atoms with E-state index in [4.69, 9.17) is 4.74 Å². The van der Waals surface area contributed by atoms with Gasteiger partial charge in [0.15, 0.2) is 0 Å². The molecule has 4 heteroatoms. The summed E-state index contributed by atoms with van der Waals surface area (Å²) in [6.45, 7) is 13.0. The quantitative estimate of drug-likeness (QED) is 0.320. The highest BCUT2D eigenvalue weighted by atomic mass is 16.5. The average molecular weight is 409 g/mol. The zero-order valence-corrected chi connectivity index (χ0v) is 19.1. The van der Waals surface area contributed by atoms with Gasteiger partial charge in [-0.05, 0) is 60.2 Å². The number of unbranched alkanes of at least 4 members (excludes halogenated alkanes) is 1. The molecule has 0 unspecified atom stereocenters. The van der Waals surface area contributed by atoms with Gasteiger partial charge < -0.3 is 9.64 Å². The van der Waals surface area contributed by atoms with Crippen LogP contribution in [0, 0.1) is 11.8 Å². The molecule has 0 saturated heterocycles. The number of carbonyl (C=O) groups is 1. The van der Waals surface area contributed by atoms with Crippen molar-refractivity contribution in [2.75, 3.05) is 19.7 Å². The predicted molar refractivity (Wildman–Crippen MR) is 126 cm³/mol. The number of hydrogen-bond donors (Lipinski definition) is 0. The van der Waals surface area contributed by atoms with Crippen LogP contribution in [0.1, 0.15) is 63.4 Å². The Morgan fingerprint density at radius 1 is 0.967 bits per heavy atom. The van der Waals surface area contributed by atoms with Gasteiger partial charge in [-0.25, -0.2) is 0 Å². The summed E-state index contributed by atoms with van der Waals surface area (Å²) in [6, 6.07) is 15.5. The normalized spacial score (nSPS) is 11.4. The van der Waals surface area contributed by atoms with Gasteiger partial charge in [0.25, 0.3) is 5.91 Å². The molecule has 0 aliphatic heterocycles. The number of benzene rings is 2. The number of aliphatic imine (C=N–C) groups is 1. The lowest BCUT2D eigenvalue weighted by Crippen LogP contribution is -2.37. The Balaban J connectivity index is 1.99.